The Morgan fingerprint density at radius 1 is 1.42 bits per heavy atom. The highest BCUT2D eigenvalue weighted by Gasteiger charge is 2.11. The molecule has 0 amide bonds. The van der Waals surface area contributed by atoms with Crippen LogP contribution in [0.3, 0.4) is 0 Å². The third-order valence-electron chi connectivity index (χ3n) is 2.27. The summed E-state index contributed by atoms with van der Waals surface area (Å²) in [5, 5.41) is 0. The number of imidazole rings is 1. The Bertz CT molecular complexity index is 295. The first kappa shape index (κ1) is 8.01. The Balaban J connectivity index is 2.03. The van der Waals surface area contributed by atoms with Crippen molar-refractivity contribution < 1.29 is 0 Å². The lowest BCUT2D eigenvalue weighted by Crippen LogP contribution is -2.22. The van der Waals surface area contributed by atoms with E-state index in [4.69, 9.17) is 12.2 Å². The molecule has 0 spiro atoms. The van der Waals surface area contributed by atoms with E-state index in [1.807, 2.05) is 12.4 Å². The fraction of sp³-hybridized carbons (Fsp3) is 0.625. The van der Waals surface area contributed by atoms with Gasteiger partial charge in [-0.3, -0.25) is 4.90 Å². The normalized spacial score (nSPS) is 18.7. The number of hydrogen-bond donors (Lipinski definition) is 1. The second kappa shape index (κ2) is 3.41. The van der Waals surface area contributed by atoms with E-state index in [-0.39, 0.29) is 0 Å². The molecule has 2 rings (SSSR count). The van der Waals surface area contributed by atoms with Gasteiger partial charge in [-0.05, 0) is 38.1 Å². The zero-order chi connectivity index (χ0) is 8.39. The Morgan fingerprint density at radius 3 is 2.75 bits per heavy atom. The van der Waals surface area contributed by atoms with Gasteiger partial charge in [0.25, 0.3) is 0 Å². The van der Waals surface area contributed by atoms with Crippen LogP contribution in [-0.2, 0) is 6.67 Å². The molecule has 0 unspecified atom stereocenters. The SMILES string of the molecule is S=c1[nH]ccn1CN1CCCC1. The van der Waals surface area contributed by atoms with Crippen LogP contribution in [0, 0.1) is 4.77 Å². The van der Waals surface area contributed by atoms with Gasteiger partial charge in [0.05, 0.1) is 6.67 Å². The maximum absolute atomic E-state index is 5.10. The molecule has 0 radical (unpaired) electrons. The molecule has 0 aliphatic carbocycles. The van der Waals surface area contributed by atoms with Gasteiger partial charge in [-0.1, -0.05) is 0 Å². The molecular formula is C8H13N3S. The Kier molecular flexibility index (Phi) is 2.28. The average Bonchev–Trinajstić information content (AvgIpc) is 2.65. The van der Waals surface area contributed by atoms with Crippen molar-refractivity contribution in [2.45, 2.75) is 19.5 Å². The predicted molar refractivity (Wildman–Crippen MR) is 50.4 cm³/mol. The number of nitrogens with one attached hydrogen (secondary N) is 1. The van der Waals surface area contributed by atoms with Crippen molar-refractivity contribution in [1.82, 2.24) is 14.5 Å². The highest BCUT2D eigenvalue weighted by molar-refractivity contribution is 7.71. The first-order chi connectivity index (χ1) is 5.86. The van der Waals surface area contributed by atoms with E-state index >= 15 is 0 Å². The number of rotatable bonds is 2. The summed E-state index contributed by atoms with van der Waals surface area (Å²) in [7, 11) is 0. The number of H-pyrrole nitrogens is 1. The van der Waals surface area contributed by atoms with Crippen molar-refractivity contribution in [3.8, 4) is 0 Å². The zero-order valence-corrected chi connectivity index (χ0v) is 7.81. The molecule has 3 nitrogen and oxygen atoms in total. The van der Waals surface area contributed by atoms with Crippen LogP contribution in [0.25, 0.3) is 0 Å². The second-order valence-corrected chi connectivity index (χ2v) is 3.59. The minimum absolute atomic E-state index is 0.821. The Morgan fingerprint density at radius 2 is 2.17 bits per heavy atom. The average molecular weight is 183 g/mol. The fourth-order valence-corrected chi connectivity index (χ4v) is 1.79. The third-order valence-corrected chi connectivity index (χ3v) is 2.63. The largest absolute Gasteiger partial charge is 0.337 e. The van der Waals surface area contributed by atoms with Crippen LogP contribution in [0.5, 0.6) is 0 Å². The van der Waals surface area contributed by atoms with Crippen molar-refractivity contribution in [1.29, 1.82) is 0 Å². The molecule has 1 saturated heterocycles. The van der Waals surface area contributed by atoms with Crippen molar-refractivity contribution in [3.05, 3.63) is 17.2 Å². The summed E-state index contributed by atoms with van der Waals surface area (Å²) >= 11 is 5.10. The Hall–Kier alpha value is -0.610. The van der Waals surface area contributed by atoms with Crippen LogP contribution < -0.4 is 0 Å². The van der Waals surface area contributed by atoms with Crippen LogP contribution in [-0.4, -0.2) is 27.5 Å². The summed E-state index contributed by atoms with van der Waals surface area (Å²) < 4.78 is 2.89. The molecule has 12 heavy (non-hydrogen) atoms. The molecule has 2 heterocycles. The van der Waals surface area contributed by atoms with Crippen LogP contribution >= 0.6 is 12.2 Å². The maximum atomic E-state index is 5.10. The standard InChI is InChI=1S/C8H13N3S/c12-8-9-3-6-11(8)7-10-4-1-2-5-10/h3,6H,1-2,4-5,7H2,(H,9,12). The summed E-state index contributed by atoms with van der Waals surface area (Å²) in [5.74, 6) is 0. The van der Waals surface area contributed by atoms with Gasteiger partial charge < -0.3 is 9.55 Å². The summed E-state index contributed by atoms with van der Waals surface area (Å²) in [6, 6.07) is 0. The van der Waals surface area contributed by atoms with Crippen LogP contribution in [0.15, 0.2) is 12.4 Å². The number of nitrogens with zero attached hydrogens (tertiary/aromatic N) is 2. The van der Waals surface area contributed by atoms with Gasteiger partial charge in [0.2, 0.25) is 0 Å². The minimum Gasteiger partial charge on any atom is -0.337 e. The smallest absolute Gasteiger partial charge is 0.178 e. The molecule has 1 aromatic heterocycles. The molecule has 0 saturated carbocycles. The third kappa shape index (κ3) is 1.59. The van der Waals surface area contributed by atoms with Gasteiger partial charge in [0, 0.05) is 12.4 Å². The van der Waals surface area contributed by atoms with Gasteiger partial charge in [-0.15, -0.1) is 0 Å². The lowest BCUT2D eigenvalue weighted by atomic mass is 10.4. The van der Waals surface area contributed by atoms with Gasteiger partial charge in [0.1, 0.15) is 0 Å². The molecule has 4 heteroatoms. The molecule has 66 valence electrons. The molecule has 0 bridgehead atoms. The number of hydrogen-bond acceptors (Lipinski definition) is 2. The summed E-state index contributed by atoms with van der Waals surface area (Å²) in [5.41, 5.74) is 0. The highest BCUT2D eigenvalue weighted by atomic mass is 32.1. The zero-order valence-electron chi connectivity index (χ0n) is 6.99. The van der Waals surface area contributed by atoms with E-state index in [1.165, 1.54) is 25.9 Å². The minimum atomic E-state index is 0.821. The lowest BCUT2D eigenvalue weighted by molar-refractivity contribution is 0.268. The van der Waals surface area contributed by atoms with Crippen molar-refractivity contribution in [2.75, 3.05) is 13.1 Å². The molecule has 1 fully saturated rings. The molecular weight excluding hydrogens is 170 g/mol. The summed E-state index contributed by atoms with van der Waals surface area (Å²) in [6.45, 7) is 3.38. The maximum Gasteiger partial charge on any atom is 0.178 e. The molecule has 1 aliphatic rings. The molecule has 0 atom stereocenters. The number of aromatic amines is 1. The van der Waals surface area contributed by atoms with Gasteiger partial charge >= 0.3 is 0 Å². The molecule has 0 aromatic carbocycles. The monoisotopic (exact) mass is 183 g/mol. The molecule has 1 aromatic rings. The van der Waals surface area contributed by atoms with E-state index in [2.05, 4.69) is 14.5 Å². The first-order valence-corrected chi connectivity index (χ1v) is 4.73. The van der Waals surface area contributed by atoms with Crippen molar-refractivity contribution in [3.63, 3.8) is 0 Å². The quantitative estimate of drug-likeness (QED) is 0.704. The molecule has 1 N–H and O–H groups in total. The summed E-state index contributed by atoms with van der Waals surface area (Å²) in [6.07, 6.45) is 6.55. The van der Waals surface area contributed by atoms with Crippen molar-refractivity contribution >= 4 is 12.2 Å². The topological polar surface area (TPSA) is 24.0 Å². The number of aromatic nitrogens is 2. The highest BCUT2D eigenvalue weighted by Crippen LogP contribution is 2.08. The molecule has 1 aliphatic heterocycles. The predicted octanol–water partition coefficient (Wildman–Crippen LogP) is 1.60. The van der Waals surface area contributed by atoms with E-state index in [1.54, 1.807) is 0 Å². The van der Waals surface area contributed by atoms with Gasteiger partial charge in [0.15, 0.2) is 4.77 Å². The Labute approximate surface area is 77.0 Å². The van der Waals surface area contributed by atoms with E-state index in [0.717, 1.165) is 11.4 Å². The summed E-state index contributed by atoms with van der Waals surface area (Å²) in [4.78, 5) is 5.41. The fourth-order valence-electron chi connectivity index (χ4n) is 1.60. The number of likely N-dealkylation sites (tertiary alicyclic amines) is 1. The second-order valence-electron chi connectivity index (χ2n) is 3.20. The van der Waals surface area contributed by atoms with Gasteiger partial charge in [-0.25, -0.2) is 0 Å². The first-order valence-electron chi connectivity index (χ1n) is 4.32. The van der Waals surface area contributed by atoms with Crippen LogP contribution in [0.1, 0.15) is 12.8 Å². The van der Waals surface area contributed by atoms with Crippen LogP contribution in [0.2, 0.25) is 0 Å². The lowest BCUT2D eigenvalue weighted by Gasteiger charge is -2.14. The van der Waals surface area contributed by atoms with E-state index in [9.17, 15) is 0 Å². The van der Waals surface area contributed by atoms with Crippen molar-refractivity contribution in [2.24, 2.45) is 0 Å². The van der Waals surface area contributed by atoms with E-state index < -0.39 is 0 Å². The van der Waals surface area contributed by atoms with Gasteiger partial charge in [-0.2, -0.15) is 0 Å². The van der Waals surface area contributed by atoms with E-state index in [0.29, 0.717) is 0 Å². The van der Waals surface area contributed by atoms with Crippen LogP contribution in [0.4, 0.5) is 0 Å².